The van der Waals surface area contributed by atoms with Crippen molar-refractivity contribution in [3.8, 4) is 0 Å². The van der Waals surface area contributed by atoms with Crippen molar-refractivity contribution in [3.63, 3.8) is 0 Å². The van der Waals surface area contributed by atoms with Crippen LogP contribution in [0.5, 0.6) is 0 Å². The summed E-state index contributed by atoms with van der Waals surface area (Å²) >= 11 is 0. The van der Waals surface area contributed by atoms with E-state index in [-0.39, 0.29) is 0 Å². The van der Waals surface area contributed by atoms with Gasteiger partial charge in [0.15, 0.2) is 0 Å². The quantitative estimate of drug-likeness (QED) is 0.440. The van der Waals surface area contributed by atoms with E-state index in [0.29, 0.717) is 13.2 Å². The molecular formula is C16H31NO4. The summed E-state index contributed by atoms with van der Waals surface area (Å²) in [4.78, 5) is 23.0. The molecule has 0 aromatic carbocycles. The van der Waals surface area contributed by atoms with Crippen LogP contribution >= 0.6 is 0 Å². The molecule has 0 aliphatic heterocycles. The number of hydrogen-bond acceptors (Lipinski definition) is 4. The molecule has 5 heteroatoms. The first-order chi connectivity index (χ1) is 10.1. The number of carbonyl (C=O) groups is 2. The van der Waals surface area contributed by atoms with Gasteiger partial charge in [0.2, 0.25) is 0 Å². The predicted octanol–water partition coefficient (Wildman–Crippen LogP) is 3.80. The maximum absolute atomic E-state index is 11.7. The minimum atomic E-state index is -0.667. The molecule has 0 aromatic rings. The second-order valence-corrected chi connectivity index (χ2v) is 5.29. The summed E-state index contributed by atoms with van der Waals surface area (Å²) < 4.78 is 10.1. The van der Waals surface area contributed by atoms with Gasteiger partial charge >= 0.3 is 12.1 Å². The Hall–Kier alpha value is -1.26. The van der Waals surface area contributed by atoms with E-state index in [1.807, 2.05) is 6.92 Å². The lowest BCUT2D eigenvalue weighted by atomic mass is 10.1. The van der Waals surface area contributed by atoms with Gasteiger partial charge in [0.05, 0.1) is 13.2 Å². The van der Waals surface area contributed by atoms with E-state index in [0.717, 1.165) is 25.7 Å². The Morgan fingerprint density at radius 3 is 2.10 bits per heavy atom. The Morgan fingerprint density at radius 2 is 1.43 bits per heavy atom. The fourth-order valence-electron chi connectivity index (χ4n) is 1.77. The van der Waals surface area contributed by atoms with E-state index in [1.54, 1.807) is 6.92 Å². The van der Waals surface area contributed by atoms with E-state index in [4.69, 9.17) is 9.47 Å². The molecule has 21 heavy (non-hydrogen) atoms. The average molecular weight is 301 g/mol. The predicted molar refractivity (Wildman–Crippen MR) is 83.2 cm³/mol. The van der Waals surface area contributed by atoms with Gasteiger partial charge in [-0.1, -0.05) is 52.4 Å². The lowest BCUT2D eigenvalue weighted by molar-refractivity contribution is -0.145. The molecule has 0 aliphatic carbocycles. The van der Waals surface area contributed by atoms with Crippen molar-refractivity contribution >= 4 is 12.1 Å². The van der Waals surface area contributed by atoms with Gasteiger partial charge in [0, 0.05) is 0 Å². The minimum Gasteiger partial charge on any atom is -0.464 e. The van der Waals surface area contributed by atoms with Crippen LogP contribution in [0.4, 0.5) is 4.79 Å². The molecule has 0 bridgehead atoms. The van der Waals surface area contributed by atoms with E-state index >= 15 is 0 Å². The summed E-state index contributed by atoms with van der Waals surface area (Å²) in [5.74, 6) is -0.406. The average Bonchev–Trinajstić information content (AvgIpc) is 2.46. The number of carbonyl (C=O) groups excluding carboxylic acids is 2. The molecule has 0 rings (SSSR count). The summed E-state index contributed by atoms with van der Waals surface area (Å²) in [7, 11) is 0. The number of alkyl carbamates (subject to hydrolysis) is 1. The lowest BCUT2D eigenvalue weighted by Crippen LogP contribution is -2.40. The largest absolute Gasteiger partial charge is 0.464 e. The van der Waals surface area contributed by atoms with E-state index in [9.17, 15) is 9.59 Å². The first-order valence-corrected chi connectivity index (χ1v) is 8.21. The monoisotopic (exact) mass is 301 g/mol. The standard InChI is InChI=1S/C16H31NO4/c1-4-6-8-9-10-11-13-20-15(18)14(3)17-16(19)21-12-7-5-2/h14H,4-13H2,1-3H3,(H,17,19)/t14-/m0/s1. The van der Waals surface area contributed by atoms with Crippen molar-refractivity contribution in [2.45, 2.75) is 78.2 Å². The van der Waals surface area contributed by atoms with Gasteiger partial charge < -0.3 is 14.8 Å². The summed E-state index contributed by atoms with van der Waals surface area (Å²) in [6, 6.07) is -0.667. The maximum Gasteiger partial charge on any atom is 0.407 e. The summed E-state index contributed by atoms with van der Waals surface area (Å²) in [5.41, 5.74) is 0. The van der Waals surface area contributed by atoms with Crippen molar-refractivity contribution in [1.29, 1.82) is 0 Å². The Kier molecular flexibility index (Phi) is 12.9. The number of esters is 1. The fraction of sp³-hybridized carbons (Fsp3) is 0.875. The Balaban J connectivity index is 3.58. The number of nitrogens with one attached hydrogen (secondary N) is 1. The highest BCUT2D eigenvalue weighted by Gasteiger charge is 2.17. The molecule has 5 nitrogen and oxygen atoms in total. The highest BCUT2D eigenvalue weighted by molar-refractivity contribution is 5.80. The zero-order valence-electron chi connectivity index (χ0n) is 13.8. The van der Waals surface area contributed by atoms with Gasteiger partial charge in [-0.3, -0.25) is 0 Å². The van der Waals surface area contributed by atoms with Crippen LogP contribution in [0.25, 0.3) is 0 Å². The fourth-order valence-corrected chi connectivity index (χ4v) is 1.77. The third-order valence-corrected chi connectivity index (χ3v) is 3.16. The van der Waals surface area contributed by atoms with Gasteiger partial charge in [-0.05, 0) is 19.8 Å². The summed E-state index contributed by atoms with van der Waals surface area (Å²) in [5, 5.41) is 2.47. The molecular weight excluding hydrogens is 270 g/mol. The van der Waals surface area contributed by atoms with E-state index < -0.39 is 18.1 Å². The second-order valence-electron chi connectivity index (χ2n) is 5.29. The van der Waals surface area contributed by atoms with Crippen LogP contribution in [0.2, 0.25) is 0 Å². The molecule has 1 atom stereocenters. The topological polar surface area (TPSA) is 64.6 Å². The van der Waals surface area contributed by atoms with Crippen LogP contribution in [0.3, 0.4) is 0 Å². The van der Waals surface area contributed by atoms with Crippen molar-refractivity contribution in [2.24, 2.45) is 0 Å². The van der Waals surface area contributed by atoms with Crippen LogP contribution in [0.1, 0.15) is 72.1 Å². The summed E-state index contributed by atoms with van der Waals surface area (Å²) in [6.07, 6.45) is 8.10. The number of ether oxygens (including phenoxy) is 2. The molecule has 0 aromatic heterocycles. The normalized spacial score (nSPS) is 11.8. The SMILES string of the molecule is CCCCCCCCOC(=O)[C@H](C)NC(=O)OCCCC. The van der Waals surface area contributed by atoms with Crippen LogP contribution < -0.4 is 5.32 Å². The minimum absolute atomic E-state index is 0.377. The number of hydrogen-bond donors (Lipinski definition) is 1. The second kappa shape index (κ2) is 13.7. The summed E-state index contributed by atoms with van der Waals surface area (Å²) in [6.45, 7) is 6.60. The van der Waals surface area contributed by atoms with Crippen molar-refractivity contribution in [1.82, 2.24) is 5.32 Å². The van der Waals surface area contributed by atoms with Crippen LogP contribution in [0.15, 0.2) is 0 Å². The molecule has 0 saturated carbocycles. The molecule has 1 amide bonds. The Bertz CT molecular complexity index is 281. The maximum atomic E-state index is 11.7. The van der Waals surface area contributed by atoms with Crippen molar-refractivity contribution < 1.29 is 19.1 Å². The van der Waals surface area contributed by atoms with Crippen molar-refractivity contribution in [2.75, 3.05) is 13.2 Å². The number of unbranched alkanes of at least 4 members (excludes halogenated alkanes) is 6. The van der Waals surface area contributed by atoms with Gasteiger partial charge in [-0.15, -0.1) is 0 Å². The molecule has 1 N–H and O–H groups in total. The van der Waals surface area contributed by atoms with Crippen LogP contribution in [0, 0.1) is 0 Å². The van der Waals surface area contributed by atoms with E-state index in [2.05, 4.69) is 12.2 Å². The highest BCUT2D eigenvalue weighted by Crippen LogP contribution is 2.05. The first kappa shape index (κ1) is 19.7. The smallest absolute Gasteiger partial charge is 0.407 e. The molecule has 0 spiro atoms. The lowest BCUT2D eigenvalue weighted by Gasteiger charge is -2.13. The molecule has 0 saturated heterocycles. The van der Waals surface area contributed by atoms with Crippen LogP contribution in [-0.2, 0) is 14.3 Å². The Morgan fingerprint density at radius 1 is 0.857 bits per heavy atom. The number of amides is 1. The van der Waals surface area contributed by atoms with E-state index in [1.165, 1.54) is 25.7 Å². The van der Waals surface area contributed by atoms with Gasteiger partial charge in [0.1, 0.15) is 6.04 Å². The van der Waals surface area contributed by atoms with Crippen molar-refractivity contribution in [3.05, 3.63) is 0 Å². The third-order valence-electron chi connectivity index (χ3n) is 3.16. The zero-order chi connectivity index (χ0) is 15.9. The highest BCUT2D eigenvalue weighted by atomic mass is 16.6. The molecule has 0 aliphatic rings. The van der Waals surface area contributed by atoms with Gasteiger partial charge in [-0.2, -0.15) is 0 Å². The van der Waals surface area contributed by atoms with Gasteiger partial charge in [-0.25, -0.2) is 9.59 Å². The van der Waals surface area contributed by atoms with Gasteiger partial charge in [0.25, 0.3) is 0 Å². The molecule has 0 unspecified atom stereocenters. The zero-order valence-corrected chi connectivity index (χ0v) is 13.8. The van der Waals surface area contributed by atoms with Crippen LogP contribution in [-0.4, -0.2) is 31.3 Å². The third kappa shape index (κ3) is 12.2. The Labute approximate surface area is 128 Å². The molecule has 124 valence electrons. The number of rotatable bonds is 12. The first-order valence-electron chi connectivity index (χ1n) is 8.21. The molecule has 0 heterocycles. The molecule has 0 fully saturated rings. The molecule has 0 radical (unpaired) electrons.